The van der Waals surface area contributed by atoms with E-state index in [1.165, 1.54) is 35.4 Å². The molecule has 0 unspecified atom stereocenters. The number of nitrogens with one attached hydrogen (secondary N) is 2. The van der Waals surface area contributed by atoms with Crippen LogP contribution < -0.4 is 16.5 Å². The maximum Gasteiger partial charge on any atom is 0.135 e. The second kappa shape index (κ2) is 20.4. The van der Waals surface area contributed by atoms with Crippen molar-refractivity contribution in [2.45, 2.75) is 59.8 Å². The minimum atomic E-state index is 0.535. The summed E-state index contributed by atoms with van der Waals surface area (Å²) in [5, 5.41) is 13.2. The van der Waals surface area contributed by atoms with Gasteiger partial charge in [0.15, 0.2) is 0 Å². The molecule has 1 saturated heterocycles. The number of nitrogens with zero attached hydrogens (tertiary/aromatic N) is 4. The molecular weight excluding hydrogens is 474 g/mol. The maximum atomic E-state index is 6.50. The molecule has 2 rings (SSSR count). The van der Waals surface area contributed by atoms with E-state index in [2.05, 4.69) is 96.6 Å². The molecule has 0 aliphatic carbocycles. The van der Waals surface area contributed by atoms with E-state index < -0.39 is 0 Å². The summed E-state index contributed by atoms with van der Waals surface area (Å²) >= 11 is 0. The van der Waals surface area contributed by atoms with Gasteiger partial charge < -0.3 is 10.5 Å². The number of hydrogen-bond donors (Lipinski definition) is 4. The molecule has 0 bridgehead atoms. The van der Waals surface area contributed by atoms with Crippen LogP contribution in [0.4, 0.5) is 0 Å². The van der Waals surface area contributed by atoms with Gasteiger partial charge >= 0.3 is 0 Å². The van der Waals surface area contributed by atoms with Gasteiger partial charge in [0.1, 0.15) is 5.84 Å². The highest BCUT2D eigenvalue weighted by atomic mass is 16.4. The molecule has 1 fully saturated rings. The third kappa shape index (κ3) is 11.8. The summed E-state index contributed by atoms with van der Waals surface area (Å²) in [6.07, 6.45) is 10.9. The fourth-order valence-electron chi connectivity index (χ4n) is 4.53. The Morgan fingerprint density at radius 3 is 2.45 bits per heavy atom. The molecule has 1 aliphatic rings. The summed E-state index contributed by atoms with van der Waals surface area (Å²) < 4.78 is 0. The zero-order valence-electron chi connectivity index (χ0n) is 24.2. The molecule has 212 valence electrons. The second-order valence-electron chi connectivity index (χ2n) is 9.27. The third-order valence-electron chi connectivity index (χ3n) is 6.58. The van der Waals surface area contributed by atoms with Gasteiger partial charge in [0, 0.05) is 31.4 Å². The van der Waals surface area contributed by atoms with Crippen molar-refractivity contribution in [3.8, 4) is 0 Å². The van der Waals surface area contributed by atoms with Crippen LogP contribution in [0.3, 0.4) is 0 Å². The molecule has 0 atom stereocenters. The Morgan fingerprint density at radius 1 is 1.11 bits per heavy atom. The predicted molar refractivity (Wildman–Crippen MR) is 164 cm³/mol. The minimum Gasteiger partial charge on any atom is -0.347 e. The van der Waals surface area contributed by atoms with E-state index in [1.807, 2.05) is 0 Å². The first-order valence-electron chi connectivity index (χ1n) is 13.9. The average Bonchev–Trinajstić information content (AvgIpc) is 3.41. The van der Waals surface area contributed by atoms with Crippen LogP contribution in [0.2, 0.25) is 0 Å². The molecule has 1 aromatic rings. The SMILES string of the molecule is C=CNC(=N/CNCCCN1CCN(CC)C1)/C(=C\N=C)/C=C(\CC)c1cc(CC)cc(CCC)c1.NO. The van der Waals surface area contributed by atoms with Crippen LogP contribution in [0.15, 0.2) is 58.8 Å². The number of hydrogen-bond acceptors (Lipinski definition) is 7. The minimum absolute atomic E-state index is 0.535. The molecule has 0 aromatic heterocycles. The Kier molecular flexibility index (Phi) is 17.9. The lowest BCUT2D eigenvalue weighted by molar-refractivity contribution is 0.251. The summed E-state index contributed by atoms with van der Waals surface area (Å²) in [5.41, 5.74) is 6.21. The third-order valence-corrected chi connectivity index (χ3v) is 6.58. The number of aryl methyl sites for hydroxylation is 2. The highest BCUT2D eigenvalue weighted by Crippen LogP contribution is 2.24. The maximum absolute atomic E-state index is 6.50. The Balaban J connectivity index is 0.00000352. The van der Waals surface area contributed by atoms with E-state index in [-0.39, 0.29) is 0 Å². The lowest BCUT2D eigenvalue weighted by atomic mass is 9.94. The van der Waals surface area contributed by atoms with Crippen LogP contribution in [0, 0.1) is 0 Å². The van der Waals surface area contributed by atoms with E-state index in [4.69, 9.17) is 10.2 Å². The molecule has 8 nitrogen and oxygen atoms in total. The van der Waals surface area contributed by atoms with Crippen molar-refractivity contribution in [2.75, 3.05) is 46.1 Å². The molecule has 0 amide bonds. The van der Waals surface area contributed by atoms with Crippen molar-refractivity contribution < 1.29 is 5.21 Å². The molecular formula is C30H51N7O. The summed E-state index contributed by atoms with van der Waals surface area (Å²) in [7, 11) is 0. The molecule has 1 aromatic carbocycles. The van der Waals surface area contributed by atoms with E-state index in [9.17, 15) is 0 Å². The van der Waals surface area contributed by atoms with Crippen LogP contribution in [-0.2, 0) is 12.8 Å². The lowest BCUT2D eigenvalue weighted by Gasteiger charge is -2.16. The monoisotopic (exact) mass is 525 g/mol. The van der Waals surface area contributed by atoms with Gasteiger partial charge in [0.2, 0.25) is 0 Å². The molecule has 38 heavy (non-hydrogen) atoms. The van der Waals surface area contributed by atoms with Crippen molar-refractivity contribution >= 4 is 18.1 Å². The van der Waals surface area contributed by atoms with Crippen molar-refractivity contribution in [1.82, 2.24) is 20.4 Å². The fourth-order valence-corrected chi connectivity index (χ4v) is 4.53. The van der Waals surface area contributed by atoms with Gasteiger partial charge in [-0.3, -0.25) is 25.1 Å². The number of allylic oxidation sites excluding steroid dienone is 1. The van der Waals surface area contributed by atoms with Crippen LogP contribution in [0.5, 0.6) is 0 Å². The van der Waals surface area contributed by atoms with Crippen LogP contribution in [0.1, 0.15) is 63.6 Å². The van der Waals surface area contributed by atoms with Gasteiger partial charge in [0.25, 0.3) is 0 Å². The predicted octanol–water partition coefficient (Wildman–Crippen LogP) is 4.58. The average molecular weight is 526 g/mol. The molecule has 8 heteroatoms. The number of rotatable bonds is 16. The zero-order chi connectivity index (χ0) is 28.2. The fraction of sp³-hybridized carbons (Fsp3) is 0.533. The summed E-state index contributed by atoms with van der Waals surface area (Å²) in [5.74, 6) is 4.24. The normalized spacial score (nSPS) is 15.3. The van der Waals surface area contributed by atoms with E-state index in [1.54, 1.807) is 12.4 Å². The molecule has 0 spiro atoms. The molecule has 1 heterocycles. The Morgan fingerprint density at radius 2 is 1.84 bits per heavy atom. The van der Waals surface area contributed by atoms with Gasteiger partial charge in [-0.2, -0.15) is 0 Å². The van der Waals surface area contributed by atoms with Gasteiger partial charge in [-0.25, -0.2) is 5.90 Å². The van der Waals surface area contributed by atoms with Crippen molar-refractivity contribution in [2.24, 2.45) is 15.9 Å². The topological polar surface area (TPSA) is 102 Å². The summed E-state index contributed by atoms with van der Waals surface area (Å²) in [6.45, 7) is 23.6. The van der Waals surface area contributed by atoms with E-state index >= 15 is 0 Å². The Labute approximate surface area is 231 Å². The van der Waals surface area contributed by atoms with Crippen LogP contribution in [0.25, 0.3) is 5.57 Å². The largest absolute Gasteiger partial charge is 0.347 e. The van der Waals surface area contributed by atoms with Crippen LogP contribution in [-0.4, -0.2) is 73.6 Å². The number of aliphatic imine (C=N–C) groups is 2. The zero-order valence-corrected chi connectivity index (χ0v) is 24.2. The van der Waals surface area contributed by atoms with Crippen molar-refractivity contribution in [3.63, 3.8) is 0 Å². The van der Waals surface area contributed by atoms with Gasteiger partial charge in [0.05, 0.1) is 13.3 Å². The quantitative estimate of drug-likeness (QED) is 0.0829. The summed E-state index contributed by atoms with van der Waals surface area (Å²) in [6, 6.07) is 6.98. The molecule has 5 N–H and O–H groups in total. The lowest BCUT2D eigenvalue weighted by Crippen LogP contribution is -2.28. The number of nitrogens with two attached hydrogens (primary N) is 1. The van der Waals surface area contributed by atoms with Crippen LogP contribution >= 0.6 is 0 Å². The number of likely N-dealkylation sites (N-methyl/N-ethyl adjacent to an activating group) is 1. The number of benzene rings is 1. The Hall–Kier alpha value is -2.62. The van der Waals surface area contributed by atoms with Gasteiger partial charge in [-0.15, -0.1) is 0 Å². The van der Waals surface area contributed by atoms with Gasteiger partial charge in [-0.1, -0.05) is 58.9 Å². The highest BCUT2D eigenvalue weighted by molar-refractivity contribution is 6.03. The van der Waals surface area contributed by atoms with E-state index in [0.717, 1.165) is 69.8 Å². The van der Waals surface area contributed by atoms with E-state index in [0.29, 0.717) is 6.67 Å². The summed E-state index contributed by atoms with van der Waals surface area (Å²) in [4.78, 5) is 13.9. The molecule has 0 radical (unpaired) electrons. The first-order valence-corrected chi connectivity index (χ1v) is 13.9. The number of amidine groups is 1. The first kappa shape index (κ1) is 33.4. The van der Waals surface area contributed by atoms with Crippen molar-refractivity contribution in [3.05, 3.63) is 65.5 Å². The molecule has 0 saturated carbocycles. The second-order valence-corrected chi connectivity index (χ2v) is 9.27. The van der Waals surface area contributed by atoms with Crippen molar-refractivity contribution in [1.29, 1.82) is 0 Å². The Bertz CT molecular complexity index is 923. The first-order chi connectivity index (χ1) is 18.6. The highest BCUT2D eigenvalue weighted by Gasteiger charge is 2.17. The standard InChI is InChI=1S/C30H48N6.H3NO/c1-7-13-26-18-25(8-2)19-28(20-26)27(9-3)21-29(22-31-6)30(33-10-4)34-23-32-14-12-15-36-17-16-35(11-5)24-36;1-2/h10,18-22,32H,4,6-9,11-17,23-24H2,1-3,5H3,(H,33,34);2H,1H2/b27-21+,29-22-;. The smallest absolute Gasteiger partial charge is 0.135 e. The van der Waals surface area contributed by atoms with Gasteiger partial charge in [-0.05, 0) is 80.0 Å². The molecule has 1 aliphatic heterocycles.